The highest BCUT2D eigenvalue weighted by molar-refractivity contribution is 5.88. The van der Waals surface area contributed by atoms with Crippen LogP contribution in [-0.2, 0) is 9.59 Å². The first-order valence-electron chi connectivity index (χ1n) is 4.76. The van der Waals surface area contributed by atoms with E-state index in [0.29, 0.717) is 11.3 Å². The molecule has 0 fully saturated rings. The largest absolute Gasteiger partial charge is 0.481 e. The molecule has 0 bridgehead atoms. The SMILES string of the molecule is CC(=O)Nc1ccc(C(O)CC(=O)O)cc1. The molecule has 0 heterocycles. The van der Waals surface area contributed by atoms with Gasteiger partial charge in [-0.15, -0.1) is 0 Å². The fourth-order valence-corrected chi connectivity index (χ4v) is 1.28. The molecule has 1 aromatic carbocycles. The Kier molecular flexibility index (Phi) is 4.02. The lowest BCUT2D eigenvalue weighted by Gasteiger charge is -2.09. The fourth-order valence-electron chi connectivity index (χ4n) is 1.28. The van der Waals surface area contributed by atoms with E-state index < -0.39 is 12.1 Å². The summed E-state index contributed by atoms with van der Waals surface area (Å²) < 4.78 is 0. The Morgan fingerprint density at radius 3 is 2.31 bits per heavy atom. The first-order chi connectivity index (χ1) is 7.49. The number of carboxylic acids is 1. The van der Waals surface area contributed by atoms with Crippen LogP contribution >= 0.6 is 0 Å². The van der Waals surface area contributed by atoms with Gasteiger partial charge in [0.25, 0.3) is 0 Å². The molecular formula is C11H13NO4. The van der Waals surface area contributed by atoms with Crippen molar-refractivity contribution >= 4 is 17.6 Å². The quantitative estimate of drug-likeness (QED) is 0.714. The highest BCUT2D eigenvalue weighted by Gasteiger charge is 2.11. The molecule has 3 N–H and O–H groups in total. The smallest absolute Gasteiger partial charge is 0.306 e. The molecule has 1 amide bonds. The number of aliphatic hydroxyl groups is 1. The van der Waals surface area contributed by atoms with Crippen LogP contribution < -0.4 is 5.32 Å². The van der Waals surface area contributed by atoms with Gasteiger partial charge in [0.15, 0.2) is 0 Å². The Balaban J connectivity index is 2.70. The summed E-state index contributed by atoms with van der Waals surface area (Å²) in [5.41, 5.74) is 1.12. The van der Waals surface area contributed by atoms with Crippen molar-refractivity contribution in [1.29, 1.82) is 0 Å². The van der Waals surface area contributed by atoms with E-state index in [4.69, 9.17) is 5.11 Å². The zero-order valence-electron chi connectivity index (χ0n) is 8.80. The van der Waals surface area contributed by atoms with Crippen molar-refractivity contribution in [2.45, 2.75) is 19.4 Å². The minimum Gasteiger partial charge on any atom is -0.481 e. The molecule has 1 aromatic rings. The number of carbonyl (C=O) groups is 2. The molecule has 0 aromatic heterocycles. The van der Waals surface area contributed by atoms with Gasteiger partial charge < -0.3 is 15.5 Å². The van der Waals surface area contributed by atoms with Gasteiger partial charge in [0.05, 0.1) is 12.5 Å². The van der Waals surface area contributed by atoms with Gasteiger partial charge in [-0.25, -0.2) is 0 Å². The molecule has 0 spiro atoms. The summed E-state index contributed by atoms with van der Waals surface area (Å²) in [7, 11) is 0. The molecule has 0 aliphatic rings. The average Bonchev–Trinajstić information content (AvgIpc) is 2.16. The van der Waals surface area contributed by atoms with Crippen molar-refractivity contribution in [2.75, 3.05) is 5.32 Å². The van der Waals surface area contributed by atoms with Crippen molar-refractivity contribution in [2.24, 2.45) is 0 Å². The van der Waals surface area contributed by atoms with Crippen LogP contribution in [0.3, 0.4) is 0 Å². The van der Waals surface area contributed by atoms with Gasteiger partial charge >= 0.3 is 5.97 Å². The van der Waals surface area contributed by atoms with Gasteiger partial charge in [-0.3, -0.25) is 9.59 Å². The summed E-state index contributed by atoms with van der Waals surface area (Å²) in [5, 5.41) is 20.6. The molecule has 86 valence electrons. The summed E-state index contributed by atoms with van der Waals surface area (Å²) in [6.45, 7) is 1.40. The number of amides is 1. The molecule has 0 aliphatic heterocycles. The van der Waals surface area contributed by atoms with E-state index in [1.165, 1.54) is 6.92 Å². The number of anilines is 1. The Labute approximate surface area is 92.7 Å². The van der Waals surface area contributed by atoms with Gasteiger partial charge in [0, 0.05) is 12.6 Å². The van der Waals surface area contributed by atoms with E-state index in [-0.39, 0.29) is 12.3 Å². The Bertz CT molecular complexity index is 385. The fraction of sp³-hybridized carbons (Fsp3) is 0.273. The van der Waals surface area contributed by atoms with Gasteiger partial charge in [-0.05, 0) is 17.7 Å². The molecule has 16 heavy (non-hydrogen) atoms. The van der Waals surface area contributed by atoms with Crippen molar-refractivity contribution in [3.05, 3.63) is 29.8 Å². The summed E-state index contributed by atoms with van der Waals surface area (Å²) in [6.07, 6.45) is -1.36. The number of nitrogens with one attached hydrogen (secondary N) is 1. The Morgan fingerprint density at radius 1 is 1.31 bits per heavy atom. The Hall–Kier alpha value is -1.88. The van der Waals surface area contributed by atoms with E-state index in [2.05, 4.69) is 5.32 Å². The summed E-state index contributed by atoms with van der Waals surface area (Å²) in [4.78, 5) is 21.1. The lowest BCUT2D eigenvalue weighted by atomic mass is 10.1. The number of aliphatic hydroxyl groups excluding tert-OH is 1. The maximum absolute atomic E-state index is 10.7. The maximum Gasteiger partial charge on any atom is 0.306 e. The maximum atomic E-state index is 10.7. The molecule has 1 atom stereocenters. The first kappa shape index (κ1) is 12.2. The van der Waals surface area contributed by atoms with Gasteiger partial charge in [-0.1, -0.05) is 12.1 Å². The molecule has 0 saturated carbocycles. The Morgan fingerprint density at radius 2 is 1.88 bits per heavy atom. The molecule has 1 rings (SSSR count). The highest BCUT2D eigenvalue weighted by Crippen LogP contribution is 2.18. The minimum atomic E-state index is -1.06. The third kappa shape index (κ3) is 3.70. The normalized spacial score (nSPS) is 11.9. The van der Waals surface area contributed by atoms with Crippen LogP contribution in [0.1, 0.15) is 25.0 Å². The first-order valence-corrected chi connectivity index (χ1v) is 4.76. The van der Waals surface area contributed by atoms with Crippen LogP contribution in [0.4, 0.5) is 5.69 Å². The molecule has 0 aliphatic carbocycles. The molecule has 5 nitrogen and oxygen atoms in total. The zero-order chi connectivity index (χ0) is 12.1. The van der Waals surface area contributed by atoms with E-state index in [0.717, 1.165) is 0 Å². The van der Waals surface area contributed by atoms with Gasteiger partial charge in [-0.2, -0.15) is 0 Å². The standard InChI is InChI=1S/C11H13NO4/c1-7(13)12-9-4-2-8(3-5-9)10(14)6-11(15)16/h2-5,10,14H,6H2,1H3,(H,12,13)(H,15,16). The summed E-state index contributed by atoms with van der Waals surface area (Å²) in [5.74, 6) is -1.24. The number of rotatable bonds is 4. The summed E-state index contributed by atoms with van der Waals surface area (Å²) >= 11 is 0. The molecule has 0 saturated heterocycles. The number of carbonyl (C=O) groups excluding carboxylic acids is 1. The monoisotopic (exact) mass is 223 g/mol. The lowest BCUT2D eigenvalue weighted by Crippen LogP contribution is -2.07. The van der Waals surface area contributed by atoms with Gasteiger partial charge in [0.1, 0.15) is 0 Å². The van der Waals surface area contributed by atoms with Crippen LogP contribution in [0.5, 0.6) is 0 Å². The minimum absolute atomic E-state index is 0.182. The second-order valence-electron chi connectivity index (χ2n) is 3.42. The third-order valence-electron chi connectivity index (χ3n) is 1.98. The number of hydrogen-bond donors (Lipinski definition) is 3. The number of carboxylic acid groups (broad SMARTS) is 1. The van der Waals surface area contributed by atoms with Crippen molar-refractivity contribution in [1.82, 2.24) is 0 Å². The van der Waals surface area contributed by atoms with E-state index in [1.807, 2.05) is 0 Å². The number of aliphatic carboxylic acids is 1. The molecule has 0 radical (unpaired) electrons. The van der Waals surface area contributed by atoms with Crippen molar-refractivity contribution in [3.8, 4) is 0 Å². The van der Waals surface area contributed by atoms with Crippen LogP contribution in [0, 0.1) is 0 Å². The molecule has 5 heteroatoms. The number of hydrogen-bond acceptors (Lipinski definition) is 3. The summed E-state index contributed by atoms with van der Waals surface area (Å²) in [6, 6.07) is 6.39. The van der Waals surface area contributed by atoms with Crippen LogP contribution in [-0.4, -0.2) is 22.1 Å². The average molecular weight is 223 g/mol. The molecular weight excluding hydrogens is 210 g/mol. The van der Waals surface area contributed by atoms with E-state index in [1.54, 1.807) is 24.3 Å². The van der Waals surface area contributed by atoms with Crippen LogP contribution in [0.25, 0.3) is 0 Å². The van der Waals surface area contributed by atoms with Crippen molar-refractivity contribution < 1.29 is 19.8 Å². The zero-order valence-corrected chi connectivity index (χ0v) is 8.80. The van der Waals surface area contributed by atoms with Crippen molar-refractivity contribution in [3.63, 3.8) is 0 Å². The lowest BCUT2D eigenvalue weighted by molar-refractivity contribution is -0.139. The highest BCUT2D eigenvalue weighted by atomic mass is 16.4. The van der Waals surface area contributed by atoms with Crippen LogP contribution in [0.15, 0.2) is 24.3 Å². The van der Waals surface area contributed by atoms with Crippen LogP contribution in [0.2, 0.25) is 0 Å². The second kappa shape index (κ2) is 5.27. The predicted octanol–water partition coefficient (Wildman–Crippen LogP) is 1.15. The van der Waals surface area contributed by atoms with E-state index >= 15 is 0 Å². The molecule has 1 unspecified atom stereocenters. The second-order valence-corrected chi connectivity index (χ2v) is 3.42. The van der Waals surface area contributed by atoms with Gasteiger partial charge in [0.2, 0.25) is 5.91 Å². The topological polar surface area (TPSA) is 86.6 Å². The van der Waals surface area contributed by atoms with E-state index in [9.17, 15) is 14.7 Å². The third-order valence-corrected chi connectivity index (χ3v) is 1.98. The number of benzene rings is 1. The predicted molar refractivity (Wildman–Crippen MR) is 58.0 cm³/mol.